The first-order chi connectivity index (χ1) is 27.4. The highest BCUT2D eigenvalue weighted by Crippen LogP contribution is 2.40. The predicted molar refractivity (Wildman–Crippen MR) is 201 cm³/mol. The van der Waals surface area contributed by atoms with Gasteiger partial charge in [0.25, 0.3) is 11.8 Å². The molecule has 1 aliphatic carbocycles. The van der Waals surface area contributed by atoms with E-state index in [1.54, 1.807) is 54.7 Å². The molecule has 1 saturated carbocycles. The lowest BCUT2D eigenvalue weighted by Gasteiger charge is -2.54. The van der Waals surface area contributed by atoms with Crippen molar-refractivity contribution < 1.29 is 42.2 Å². The Hall–Kier alpha value is -5.96. The van der Waals surface area contributed by atoms with Gasteiger partial charge in [0.15, 0.2) is 23.1 Å². The molecule has 1 aromatic heterocycles. The summed E-state index contributed by atoms with van der Waals surface area (Å²) in [6.45, 7) is 7.11. The maximum absolute atomic E-state index is 15.5. The number of imide groups is 2. The Morgan fingerprint density at radius 1 is 0.912 bits per heavy atom. The Bertz CT molecular complexity index is 2320. The maximum atomic E-state index is 15.5. The zero-order valence-electron chi connectivity index (χ0n) is 31.3. The lowest BCUT2D eigenvalue weighted by atomic mass is 9.78. The van der Waals surface area contributed by atoms with Gasteiger partial charge in [0.2, 0.25) is 17.8 Å². The summed E-state index contributed by atoms with van der Waals surface area (Å²) in [4.78, 5) is 62.1. The van der Waals surface area contributed by atoms with Crippen LogP contribution < -0.4 is 25.0 Å². The van der Waals surface area contributed by atoms with Crippen molar-refractivity contribution in [3.8, 4) is 11.5 Å². The van der Waals surface area contributed by atoms with E-state index in [9.17, 15) is 19.2 Å². The van der Waals surface area contributed by atoms with Gasteiger partial charge in [-0.15, -0.1) is 0 Å². The highest BCUT2D eigenvalue weighted by Gasteiger charge is 2.50. The number of ether oxygens (including phenoxy) is 3. The number of anilines is 2. The Morgan fingerprint density at radius 3 is 2.28 bits per heavy atom. The van der Waals surface area contributed by atoms with Crippen LogP contribution in [0.5, 0.6) is 11.5 Å². The third-order valence-corrected chi connectivity index (χ3v) is 11.7. The molecular weight excluding hydrogens is 738 g/mol. The van der Waals surface area contributed by atoms with Crippen molar-refractivity contribution in [2.45, 2.75) is 69.7 Å². The van der Waals surface area contributed by atoms with E-state index in [-0.39, 0.29) is 59.6 Å². The SMILES string of the molecule is CC(C)(c1ccc(OCc2ccnc(N3CC4(COC4)C3)n2)c(F)c1)c1ccc(O[C@H]2C[C@H](Nc3ccc4c(c3)C(=O)N(C3CCC(=O)NC3=O)C4=O)C2)c(F)c1. The molecule has 3 saturated heterocycles. The molecule has 4 amide bonds. The quantitative estimate of drug-likeness (QED) is 0.200. The number of amides is 4. The number of benzene rings is 3. The minimum atomic E-state index is -1.03. The molecule has 15 heteroatoms. The number of fused-ring (bicyclic) bond motifs is 1. The Balaban J connectivity index is 0.777. The van der Waals surface area contributed by atoms with E-state index >= 15 is 8.78 Å². The molecule has 1 atom stereocenters. The molecule has 0 bridgehead atoms. The van der Waals surface area contributed by atoms with E-state index in [0.29, 0.717) is 41.3 Å². The Morgan fingerprint density at radius 2 is 1.61 bits per heavy atom. The van der Waals surface area contributed by atoms with Gasteiger partial charge in [-0.1, -0.05) is 26.0 Å². The van der Waals surface area contributed by atoms with E-state index in [1.165, 1.54) is 12.1 Å². The molecule has 0 radical (unpaired) electrons. The second-order valence-electron chi connectivity index (χ2n) is 16.2. The zero-order valence-corrected chi connectivity index (χ0v) is 31.3. The zero-order chi connectivity index (χ0) is 39.6. The number of carbonyl (C=O) groups excluding carboxylic acids is 4. The summed E-state index contributed by atoms with van der Waals surface area (Å²) in [5.74, 6) is -2.48. The molecule has 294 valence electrons. The number of nitrogens with one attached hydrogen (secondary N) is 2. The van der Waals surface area contributed by atoms with E-state index in [1.807, 2.05) is 13.8 Å². The lowest BCUT2D eigenvalue weighted by Crippen LogP contribution is -2.66. The third kappa shape index (κ3) is 6.73. The average molecular weight is 779 g/mol. The van der Waals surface area contributed by atoms with Crippen molar-refractivity contribution in [3.63, 3.8) is 0 Å². The largest absolute Gasteiger partial charge is 0.487 e. The Labute approximate surface area is 326 Å². The van der Waals surface area contributed by atoms with E-state index in [0.717, 1.165) is 31.2 Å². The first-order valence-electron chi connectivity index (χ1n) is 19.0. The van der Waals surface area contributed by atoms with Crippen LogP contribution in [-0.4, -0.2) is 83.0 Å². The number of rotatable bonds is 11. The molecule has 4 aliphatic heterocycles. The first kappa shape index (κ1) is 36.7. The topological polar surface area (TPSA) is 152 Å². The predicted octanol–water partition coefficient (Wildman–Crippen LogP) is 4.92. The van der Waals surface area contributed by atoms with Gasteiger partial charge in [-0.3, -0.25) is 29.4 Å². The van der Waals surface area contributed by atoms with Crippen LogP contribution >= 0.6 is 0 Å². The van der Waals surface area contributed by atoms with Crippen LogP contribution in [0.2, 0.25) is 0 Å². The van der Waals surface area contributed by atoms with Crippen molar-refractivity contribution in [1.82, 2.24) is 20.2 Å². The minimum absolute atomic E-state index is 0.0196. The molecule has 4 fully saturated rings. The molecular formula is C42H40F2N6O7. The number of carbonyl (C=O) groups is 4. The van der Waals surface area contributed by atoms with Gasteiger partial charge in [-0.2, -0.15) is 0 Å². The number of piperidine rings is 1. The molecule has 2 N–H and O–H groups in total. The van der Waals surface area contributed by atoms with Crippen molar-refractivity contribution in [3.05, 3.63) is 106 Å². The molecule has 13 nitrogen and oxygen atoms in total. The molecule has 5 aliphatic rings. The molecule has 1 spiro atoms. The van der Waals surface area contributed by atoms with Gasteiger partial charge in [0, 0.05) is 55.7 Å². The molecule has 4 aromatic rings. The number of nitrogens with zero attached hydrogens (tertiary/aromatic N) is 4. The van der Waals surface area contributed by atoms with E-state index < -0.39 is 46.7 Å². The highest BCUT2D eigenvalue weighted by atomic mass is 19.1. The van der Waals surface area contributed by atoms with Crippen LogP contribution in [0.4, 0.5) is 20.4 Å². The van der Waals surface area contributed by atoms with Gasteiger partial charge < -0.3 is 24.4 Å². The van der Waals surface area contributed by atoms with Crippen LogP contribution in [0.25, 0.3) is 0 Å². The first-order valence-corrected chi connectivity index (χ1v) is 19.0. The maximum Gasteiger partial charge on any atom is 0.262 e. The van der Waals surface area contributed by atoms with Crippen molar-refractivity contribution in [1.29, 1.82) is 0 Å². The highest BCUT2D eigenvalue weighted by molar-refractivity contribution is 6.23. The second-order valence-corrected chi connectivity index (χ2v) is 16.2. The summed E-state index contributed by atoms with van der Waals surface area (Å²) >= 11 is 0. The molecule has 57 heavy (non-hydrogen) atoms. The number of hydrogen-bond acceptors (Lipinski definition) is 11. The summed E-state index contributed by atoms with van der Waals surface area (Å²) in [7, 11) is 0. The van der Waals surface area contributed by atoms with Crippen molar-refractivity contribution in [2.75, 3.05) is 36.5 Å². The number of hydrogen-bond donors (Lipinski definition) is 2. The van der Waals surface area contributed by atoms with Gasteiger partial charge in [0.1, 0.15) is 18.8 Å². The van der Waals surface area contributed by atoms with Crippen LogP contribution in [0.1, 0.15) is 77.1 Å². The van der Waals surface area contributed by atoms with Gasteiger partial charge in [-0.05, 0) is 66.1 Å². The van der Waals surface area contributed by atoms with Gasteiger partial charge in [-0.25, -0.2) is 18.7 Å². The molecule has 9 rings (SSSR count). The summed E-state index contributed by atoms with van der Waals surface area (Å²) in [6, 6.07) is 15.1. The summed E-state index contributed by atoms with van der Waals surface area (Å²) < 4.78 is 48.0. The molecule has 5 heterocycles. The van der Waals surface area contributed by atoms with Crippen LogP contribution in [0.3, 0.4) is 0 Å². The lowest BCUT2D eigenvalue weighted by molar-refractivity contribution is -0.136. The summed E-state index contributed by atoms with van der Waals surface area (Å²) in [5.41, 5.74) is 2.42. The van der Waals surface area contributed by atoms with Crippen LogP contribution in [-0.2, 0) is 26.3 Å². The van der Waals surface area contributed by atoms with Crippen LogP contribution in [0.15, 0.2) is 66.9 Å². The van der Waals surface area contributed by atoms with Gasteiger partial charge >= 0.3 is 0 Å². The average Bonchev–Trinajstić information content (AvgIpc) is 3.37. The minimum Gasteiger partial charge on any atom is -0.487 e. The fourth-order valence-electron chi connectivity index (χ4n) is 8.16. The molecule has 1 unspecified atom stereocenters. The van der Waals surface area contributed by atoms with E-state index in [4.69, 9.17) is 14.2 Å². The monoisotopic (exact) mass is 778 g/mol. The normalized spacial score (nSPS) is 22.4. The fourth-order valence-corrected chi connectivity index (χ4v) is 8.16. The van der Waals surface area contributed by atoms with Gasteiger partial charge in [0.05, 0.1) is 35.4 Å². The smallest absolute Gasteiger partial charge is 0.262 e. The number of halogens is 2. The third-order valence-electron chi connectivity index (χ3n) is 11.7. The Kier molecular flexibility index (Phi) is 8.94. The second kappa shape index (κ2) is 13.9. The van der Waals surface area contributed by atoms with Crippen molar-refractivity contribution >= 4 is 35.3 Å². The fraction of sp³-hybridized carbons (Fsp3) is 0.381. The summed E-state index contributed by atoms with van der Waals surface area (Å²) in [6.07, 6.45) is 2.69. The summed E-state index contributed by atoms with van der Waals surface area (Å²) in [5, 5.41) is 5.53. The number of aromatic nitrogens is 2. The standard InChI is InChI=1S/C42H40F2N6O7/c1-41(2,23-3-8-34(31(43)13-23)56-18-26-11-12-45-40(47-26)49-19-42(20-49)21-55-22-42)24-4-9-35(32(44)14-24)57-28-15-27(16-28)46-25-5-6-29-30(17-25)39(54)50(38(29)53)33-7-10-36(51)48-37(33)52/h3-6,8-9,11-14,17,27-28,33,46H,7,10,15-16,18-22H2,1-2H3,(H,48,51,52)/t27-,28-,33?. The van der Waals surface area contributed by atoms with Crippen molar-refractivity contribution in [2.24, 2.45) is 5.41 Å². The van der Waals surface area contributed by atoms with Crippen LogP contribution in [0, 0.1) is 17.0 Å². The van der Waals surface area contributed by atoms with E-state index in [2.05, 4.69) is 25.5 Å². The molecule has 3 aromatic carbocycles.